The van der Waals surface area contributed by atoms with E-state index < -0.39 is 0 Å². The molecule has 1 aliphatic heterocycles. The van der Waals surface area contributed by atoms with Gasteiger partial charge in [0.2, 0.25) is 11.6 Å². The van der Waals surface area contributed by atoms with Gasteiger partial charge in [-0.05, 0) is 43.3 Å². The Morgan fingerprint density at radius 1 is 1.00 bits per heavy atom. The molecule has 4 rings (SSSR count). The second-order valence-electron chi connectivity index (χ2n) is 6.83. The predicted octanol–water partition coefficient (Wildman–Crippen LogP) is 4.03. The van der Waals surface area contributed by atoms with E-state index in [-0.39, 0.29) is 6.10 Å². The molecule has 0 N–H and O–H groups in total. The molecule has 2 heterocycles. The van der Waals surface area contributed by atoms with Crippen LogP contribution in [0, 0.1) is 6.92 Å². The number of ether oxygens (including phenoxy) is 4. The smallest absolute Gasteiger partial charge is 0.216 e. The van der Waals surface area contributed by atoms with E-state index in [0.717, 1.165) is 11.1 Å². The number of hydrogen-bond acceptors (Lipinski definition) is 5. The summed E-state index contributed by atoms with van der Waals surface area (Å²) in [5.74, 6) is 2.44. The molecule has 6 nitrogen and oxygen atoms in total. The van der Waals surface area contributed by atoms with Crippen molar-refractivity contribution in [2.45, 2.75) is 13.0 Å². The molecule has 0 aliphatic carbocycles. The van der Waals surface area contributed by atoms with Crippen LogP contribution in [-0.4, -0.2) is 38.3 Å². The summed E-state index contributed by atoms with van der Waals surface area (Å²) < 4.78 is 24.7. The summed E-state index contributed by atoms with van der Waals surface area (Å²) in [5.41, 5.74) is 4.33. The maximum atomic E-state index is 6.18. The lowest BCUT2D eigenvalue weighted by atomic mass is 10.1. The van der Waals surface area contributed by atoms with Crippen LogP contribution in [0.4, 0.5) is 0 Å². The van der Waals surface area contributed by atoms with Gasteiger partial charge < -0.3 is 23.5 Å². The van der Waals surface area contributed by atoms with Crippen LogP contribution in [0.25, 0.3) is 10.9 Å². The van der Waals surface area contributed by atoms with E-state index in [4.69, 9.17) is 18.9 Å². The third-order valence-electron chi connectivity index (χ3n) is 5.24. The molecule has 1 unspecified atom stereocenters. The molecular formula is C22H24N2O4. The van der Waals surface area contributed by atoms with E-state index in [9.17, 15) is 0 Å². The number of benzene rings is 2. The number of rotatable bonds is 5. The van der Waals surface area contributed by atoms with Crippen molar-refractivity contribution in [3.63, 3.8) is 0 Å². The van der Waals surface area contributed by atoms with Crippen molar-refractivity contribution in [2.75, 3.05) is 27.9 Å². The molecule has 146 valence electrons. The van der Waals surface area contributed by atoms with Crippen molar-refractivity contribution < 1.29 is 18.9 Å². The average molecular weight is 380 g/mol. The van der Waals surface area contributed by atoms with Crippen LogP contribution < -0.4 is 14.2 Å². The van der Waals surface area contributed by atoms with E-state index in [1.807, 2.05) is 12.1 Å². The highest BCUT2D eigenvalue weighted by Gasteiger charge is 2.26. The average Bonchev–Trinajstić information content (AvgIpc) is 3.32. The molecule has 0 fully saturated rings. The topological polar surface area (TPSA) is 54.2 Å². The summed E-state index contributed by atoms with van der Waals surface area (Å²) in [6.07, 6.45) is -0.197. The number of aromatic nitrogens is 1. The lowest BCUT2D eigenvalue weighted by Crippen LogP contribution is -2.07. The van der Waals surface area contributed by atoms with Gasteiger partial charge >= 0.3 is 0 Å². The van der Waals surface area contributed by atoms with Gasteiger partial charge in [-0.2, -0.15) is 0 Å². The molecule has 1 aliphatic rings. The van der Waals surface area contributed by atoms with Crippen molar-refractivity contribution >= 4 is 16.8 Å². The normalized spacial score (nSPS) is 16.0. The quantitative estimate of drug-likeness (QED) is 0.671. The molecular weight excluding hydrogens is 356 g/mol. The third kappa shape index (κ3) is 2.95. The summed E-state index contributed by atoms with van der Waals surface area (Å²) in [5, 5.41) is 1.18. The highest BCUT2D eigenvalue weighted by atomic mass is 16.5. The molecule has 0 spiro atoms. The Morgan fingerprint density at radius 3 is 2.36 bits per heavy atom. The first kappa shape index (κ1) is 18.2. The number of nitrogens with zero attached hydrogens (tertiary/aromatic N) is 2. The number of fused-ring (bicyclic) bond motifs is 1. The second-order valence-corrected chi connectivity index (χ2v) is 6.83. The van der Waals surface area contributed by atoms with Gasteiger partial charge in [-0.15, -0.1) is 0 Å². The van der Waals surface area contributed by atoms with Crippen molar-refractivity contribution in [1.82, 2.24) is 4.57 Å². The predicted molar refractivity (Wildman–Crippen MR) is 109 cm³/mol. The van der Waals surface area contributed by atoms with E-state index in [2.05, 4.69) is 47.8 Å². The number of aliphatic imine (C=N–C) groups is 1. The van der Waals surface area contributed by atoms with Crippen LogP contribution in [0.1, 0.15) is 22.9 Å². The SMILES string of the molecule is COc1cc(C2CN=C(c3ccc4c(c3)cc(C)n4C)O2)cc(OC)c1OC. The highest BCUT2D eigenvalue weighted by Crippen LogP contribution is 2.41. The van der Waals surface area contributed by atoms with Gasteiger partial charge in [-0.25, -0.2) is 4.99 Å². The largest absolute Gasteiger partial charge is 0.493 e. The Labute approximate surface area is 164 Å². The molecule has 1 atom stereocenters. The number of hydrogen-bond donors (Lipinski definition) is 0. The Hall–Kier alpha value is -3.15. The molecule has 28 heavy (non-hydrogen) atoms. The highest BCUT2D eigenvalue weighted by molar-refractivity contribution is 5.99. The van der Waals surface area contributed by atoms with Gasteiger partial charge in [-0.3, -0.25) is 0 Å². The molecule has 2 aromatic carbocycles. The van der Waals surface area contributed by atoms with Crippen molar-refractivity contribution in [1.29, 1.82) is 0 Å². The molecule has 3 aromatic rings. The molecule has 0 saturated carbocycles. The maximum absolute atomic E-state index is 6.18. The van der Waals surface area contributed by atoms with Crippen LogP contribution in [0.3, 0.4) is 0 Å². The van der Waals surface area contributed by atoms with E-state index >= 15 is 0 Å². The molecule has 0 radical (unpaired) electrons. The van der Waals surface area contributed by atoms with E-state index in [1.165, 1.54) is 16.6 Å². The first-order chi connectivity index (χ1) is 13.5. The fourth-order valence-electron chi connectivity index (χ4n) is 3.62. The van der Waals surface area contributed by atoms with E-state index in [0.29, 0.717) is 29.7 Å². The summed E-state index contributed by atoms with van der Waals surface area (Å²) in [7, 11) is 6.88. The fraction of sp³-hybridized carbons (Fsp3) is 0.318. The van der Waals surface area contributed by atoms with Crippen LogP contribution in [0.15, 0.2) is 41.4 Å². The van der Waals surface area contributed by atoms with Crippen molar-refractivity contribution in [2.24, 2.45) is 12.0 Å². The van der Waals surface area contributed by atoms with Gasteiger partial charge in [0, 0.05) is 34.8 Å². The molecule has 0 amide bonds. The Balaban J connectivity index is 1.62. The lowest BCUT2D eigenvalue weighted by molar-refractivity contribution is 0.228. The minimum Gasteiger partial charge on any atom is -0.493 e. The first-order valence-corrected chi connectivity index (χ1v) is 9.13. The molecule has 1 aromatic heterocycles. The number of methoxy groups -OCH3 is 3. The van der Waals surface area contributed by atoms with Gasteiger partial charge in [0.1, 0.15) is 6.10 Å². The van der Waals surface area contributed by atoms with Gasteiger partial charge in [0.25, 0.3) is 0 Å². The Morgan fingerprint density at radius 2 is 1.71 bits per heavy atom. The second kappa shape index (κ2) is 7.11. The zero-order valence-corrected chi connectivity index (χ0v) is 16.8. The van der Waals surface area contributed by atoms with E-state index in [1.54, 1.807) is 21.3 Å². The standard InChI is InChI=1S/C22H24N2O4/c1-13-8-15-9-14(6-7-17(15)24(13)2)22-23-12-20(28-22)16-10-18(25-3)21(27-5)19(11-16)26-4/h6-11,20H,12H2,1-5H3. The van der Waals surface area contributed by atoms with Gasteiger partial charge in [0.05, 0.1) is 27.9 Å². The lowest BCUT2D eigenvalue weighted by Gasteiger charge is -2.17. The monoisotopic (exact) mass is 380 g/mol. The van der Waals surface area contributed by atoms with Crippen LogP contribution in [-0.2, 0) is 11.8 Å². The first-order valence-electron chi connectivity index (χ1n) is 9.13. The molecule has 0 bridgehead atoms. The van der Waals surface area contributed by atoms with Gasteiger partial charge in [0.15, 0.2) is 11.5 Å². The minimum atomic E-state index is -0.197. The van der Waals surface area contributed by atoms with Crippen LogP contribution >= 0.6 is 0 Å². The maximum Gasteiger partial charge on any atom is 0.216 e. The van der Waals surface area contributed by atoms with Gasteiger partial charge in [-0.1, -0.05) is 0 Å². The zero-order chi connectivity index (χ0) is 19.8. The Bertz CT molecular complexity index is 1040. The summed E-state index contributed by atoms with van der Waals surface area (Å²) in [4.78, 5) is 4.63. The zero-order valence-electron chi connectivity index (χ0n) is 16.8. The summed E-state index contributed by atoms with van der Waals surface area (Å²) in [6.45, 7) is 2.64. The van der Waals surface area contributed by atoms with Crippen molar-refractivity contribution in [3.05, 3.63) is 53.2 Å². The number of aryl methyl sites for hydroxylation is 2. The minimum absolute atomic E-state index is 0.197. The molecule has 0 saturated heterocycles. The fourth-order valence-corrected chi connectivity index (χ4v) is 3.62. The summed E-state index contributed by atoms with van der Waals surface area (Å²) >= 11 is 0. The summed E-state index contributed by atoms with van der Waals surface area (Å²) in [6, 6.07) is 12.3. The van der Waals surface area contributed by atoms with Crippen LogP contribution in [0.2, 0.25) is 0 Å². The molecule has 6 heteroatoms. The van der Waals surface area contributed by atoms with Crippen molar-refractivity contribution in [3.8, 4) is 17.2 Å². The Kier molecular flexibility index (Phi) is 4.63. The third-order valence-corrected chi connectivity index (χ3v) is 5.24. The van der Waals surface area contributed by atoms with Crippen LogP contribution in [0.5, 0.6) is 17.2 Å².